The van der Waals surface area contributed by atoms with Crippen molar-refractivity contribution in [2.75, 3.05) is 6.61 Å². The van der Waals surface area contributed by atoms with Crippen LogP contribution in [0.5, 0.6) is 0 Å². The highest BCUT2D eigenvalue weighted by Crippen LogP contribution is 2.33. The molecular formula is C12H16O6. The van der Waals surface area contributed by atoms with E-state index >= 15 is 0 Å². The SMILES string of the molecule is C=CC[C@@]1(O)C(=O)O[C@H]([C@@H]2COC(C)(C)O2)C1=O. The zero-order chi connectivity index (χ0) is 13.6. The Balaban J connectivity index is 2.16. The summed E-state index contributed by atoms with van der Waals surface area (Å²) in [4.78, 5) is 23.6. The van der Waals surface area contributed by atoms with Crippen LogP contribution in [0.15, 0.2) is 12.7 Å². The van der Waals surface area contributed by atoms with Gasteiger partial charge in [0.2, 0.25) is 11.4 Å². The second-order valence-corrected chi connectivity index (χ2v) is 4.91. The maximum Gasteiger partial charge on any atom is 0.347 e. The lowest BCUT2D eigenvalue weighted by molar-refractivity contribution is -0.166. The molecule has 0 aromatic heterocycles. The Labute approximate surface area is 105 Å². The molecule has 2 aliphatic rings. The van der Waals surface area contributed by atoms with Gasteiger partial charge in [0.15, 0.2) is 11.9 Å². The Bertz CT molecular complexity index is 401. The Morgan fingerprint density at radius 1 is 1.50 bits per heavy atom. The number of aliphatic hydroxyl groups is 1. The lowest BCUT2D eigenvalue weighted by atomic mass is 9.92. The zero-order valence-electron chi connectivity index (χ0n) is 10.3. The Morgan fingerprint density at radius 3 is 2.67 bits per heavy atom. The van der Waals surface area contributed by atoms with Crippen LogP contribution >= 0.6 is 0 Å². The van der Waals surface area contributed by atoms with Gasteiger partial charge in [0, 0.05) is 6.42 Å². The molecule has 2 aliphatic heterocycles. The molecule has 6 nitrogen and oxygen atoms in total. The van der Waals surface area contributed by atoms with Crippen molar-refractivity contribution < 1.29 is 28.9 Å². The predicted octanol–water partition coefficient (Wildman–Crippen LogP) is -0.0604. The number of carbonyl (C=O) groups is 2. The van der Waals surface area contributed by atoms with E-state index < -0.39 is 35.3 Å². The average Bonchev–Trinajstić information content (AvgIpc) is 2.73. The van der Waals surface area contributed by atoms with E-state index in [-0.39, 0.29) is 13.0 Å². The van der Waals surface area contributed by atoms with E-state index in [0.29, 0.717) is 0 Å². The number of ketones is 1. The molecule has 3 atom stereocenters. The maximum absolute atomic E-state index is 12.0. The summed E-state index contributed by atoms with van der Waals surface area (Å²) in [5.41, 5.74) is -2.14. The Hall–Kier alpha value is -1.24. The maximum atomic E-state index is 12.0. The van der Waals surface area contributed by atoms with E-state index in [9.17, 15) is 14.7 Å². The van der Waals surface area contributed by atoms with Crippen molar-refractivity contribution in [3.8, 4) is 0 Å². The summed E-state index contributed by atoms with van der Waals surface area (Å²) < 4.78 is 15.7. The quantitative estimate of drug-likeness (QED) is 0.433. The Morgan fingerprint density at radius 2 is 2.17 bits per heavy atom. The molecule has 2 fully saturated rings. The van der Waals surface area contributed by atoms with E-state index in [1.807, 2.05) is 0 Å². The van der Waals surface area contributed by atoms with Gasteiger partial charge in [-0.3, -0.25) is 4.79 Å². The number of carbonyl (C=O) groups excluding carboxylic acids is 2. The van der Waals surface area contributed by atoms with Gasteiger partial charge >= 0.3 is 5.97 Å². The minimum absolute atomic E-state index is 0.140. The van der Waals surface area contributed by atoms with Crippen molar-refractivity contribution in [1.82, 2.24) is 0 Å². The molecule has 18 heavy (non-hydrogen) atoms. The molecule has 0 aromatic carbocycles. The topological polar surface area (TPSA) is 82.1 Å². The molecule has 0 aromatic rings. The van der Waals surface area contributed by atoms with E-state index in [4.69, 9.17) is 14.2 Å². The van der Waals surface area contributed by atoms with E-state index in [1.165, 1.54) is 6.08 Å². The third kappa shape index (κ3) is 1.96. The first-order chi connectivity index (χ1) is 8.30. The van der Waals surface area contributed by atoms with Crippen molar-refractivity contribution >= 4 is 11.8 Å². The van der Waals surface area contributed by atoms with Crippen LogP contribution in [-0.2, 0) is 23.8 Å². The van der Waals surface area contributed by atoms with Crippen LogP contribution in [0.25, 0.3) is 0 Å². The van der Waals surface area contributed by atoms with Crippen LogP contribution in [0.2, 0.25) is 0 Å². The largest absolute Gasteiger partial charge is 0.449 e. The van der Waals surface area contributed by atoms with Crippen LogP contribution in [0, 0.1) is 0 Å². The van der Waals surface area contributed by atoms with Crippen LogP contribution in [0.4, 0.5) is 0 Å². The molecule has 2 heterocycles. The number of Topliss-reactive ketones (excluding diaryl/α,β-unsaturated/α-hetero) is 1. The van der Waals surface area contributed by atoms with Crippen LogP contribution in [-0.4, -0.2) is 47.1 Å². The second kappa shape index (κ2) is 4.15. The molecule has 0 amide bonds. The van der Waals surface area contributed by atoms with E-state index in [0.717, 1.165) is 0 Å². The molecule has 0 aliphatic carbocycles. The summed E-state index contributed by atoms with van der Waals surface area (Å²) in [7, 11) is 0. The van der Waals surface area contributed by atoms with Gasteiger partial charge in [0.1, 0.15) is 6.10 Å². The highest BCUT2D eigenvalue weighted by molar-refractivity contribution is 6.14. The fraction of sp³-hybridized carbons (Fsp3) is 0.667. The van der Waals surface area contributed by atoms with Crippen LogP contribution in [0.1, 0.15) is 20.3 Å². The standard InChI is InChI=1S/C12H16O6/c1-4-5-12(15)9(13)8(17-10(12)14)7-6-16-11(2,3)18-7/h4,7-8,15H,1,5-6H2,2-3H3/t7-,8+,12-/m0/s1. The molecule has 1 N–H and O–H groups in total. The molecule has 0 unspecified atom stereocenters. The predicted molar refractivity (Wildman–Crippen MR) is 59.6 cm³/mol. The fourth-order valence-electron chi connectivity index (χ4n) is 2.10. The third-order valence-electron chi connectivity index (χ3n) is 3.05. The first kappa shape index (κ1) is 13.2. The number of esters is 1. The minimum Gasteiger partial charge on any atom is -0.449 e. The number of ether oxygens (including phenoxy) is 3. The lowest BCUT2D eigenvalue weighted by Crippen LogP contribution is -2.45. The molecular weight excluding hydrogens is 240 g/mol. The molecule has 100 valence electrons. The molecule has 0 bridgehead atoms. The monoisotopic (exact) mass is 256 g/mol. The Kier molecular flexibility index (Phi) is 3.04. The lowest BCUT2D eigenvalue weighted by Gasteiger charge is -2.19. The molecule has 0 saturated carbocycles. The van der Waals surface area contributed by atoms with Gasteiger partial charge in [-0.25, -0.2) is 4.79 Å². The van der Waals surface area contributed by atoms with E-state index in [1.54, 1.807) is 13.8 Å². The van der Waals surface area contributed by atoms with Gasteiger partial charge in [-0.2, -0.15) is 0 Å². The first-order valence-electron chi connectivity index (χ1n) is 5.70. The number of rotatable bonds is 3. The van der Waals surface area contributed by atoms with Crippen LogP contribution in [0.3, 0.4) is 0 Å². The highest BCUT2D eigenvalue weighted by Gasteiger charge is 2.59. The molecule has 0 spiro atoms. The molecule has 6 heteroatoms. The van der Waals surface area contributed by atoms with Gasteiger partial charge in [0.25, 0.3) is 0 Å². The van der Waals surface area contributed by atoms with E-state index in [2.05, 4.69) is 6.58 Å². The first-order valence-corrected chi connectivity index (χ1v) is 5.70. The summed E-state index contributed by atoms with van der Waals surface area (Å²) in [6.45, 7) is 6.94. The van der Waals surface area contributed by atoms with Crippen LogP contribution < -0.4 is 0 Å². The summed E-state index contributed by atoms with van der Waals surface area (Å²) in [5.74, 6) is -2.47. The van der Waals surface area contributed by atoms with Gasteiger partial charge in [-0.1, -0.05) is 6.08 Å². The minimum atomic E-state index is -2.14. The van der Waals surface area contributed by atoms with Crippen molar-refractivity contribution in [3.05, 3.63) is 12.7 Å². The smallest absolute Gasteiger partial charge is 0.347 e. The van der Waals surface area contributed by atoms with Crippen molar-refractivity contribution in [3.63, 3.8) is 0 Å². The van der Waals surface area contributed by atoms with Gasteiger partial charge in [0.05, 0.1) is 6.61 Å². The van der Waals surface area contributed by atoms with Gasteiger partial charge in [-0.05, 0) is 13.8 Å². The van der Waals surface area contributed by atoms with Crippen molar-refractivity contribution in [2.24, 2.45) is 0 Å². The van der Waals surface area contributed by atoms with Gasteiger partial charge < -0.3 is 19.3 Å². The molecule has 0 radical (unpaired) electrons. The number of hydrogen-bond donors (Lipinski definition) is 1. The summed E-state index contributed by atoms with van der Waals surface area (Å²) in [5, 5.41) is 10.00. The fourth-order valence-corrected chi connectivity index (χ4v) is 2.10. The molecule has 2 rings (SSSR count). The molecule has 2 saturated heterocycles. The summed E-state index contributed by atoms with van der Waals surface area (Å²) in [6, 6.07) is 0. The van der Waals surface area contributed by atoms with Gasteiger partial charge in [-0.15, -0.1) is 6.58 Å². The number of hydrogen-bond acceptors (Lipinski definition) is 6. The average molecular weight is 256 g/mol. The third-order valence-corrected chi connectivity index (χ3v) is 3.05. The second-order valence-electron chi connectivity index (χ2n) is 4.91. The van der Waals surface area contributed by atoms with Crippen molar-refractivity contribution in [1.29, 1.82) is 0 Å². The highest BCUT2D eigenvalue weighted by atomic mass is 16.8. The zero-order valence-corrected chi connectivity index (χ0v) is 10.3. The number of cyclic esters (lactones) is 1. The van der Waals surface area contributed by atoms with Crippen molar-refractivity contribution in [2.45, 2.75) is 43.9 Å². The summed E-state index contributed by atoms with van der Waals surface area (Å²) in [6.07, 6.45) is -0.671. The summed E-state index contributed by atoms with van der Waals surface area (Å²) >= 11 is 0. The normalized spacial score (nSPS) is 38.8.